The smallest absolute Gasteiger partial charge is 0.0782 e. The molecule has 19 heavy (non-hydrogen) atoms. The summed E-state index contributed by atoms with van der Waals surface area (Å²) in [6.45, 7) is 7.68. The fourth-order valence-corrected chi connectivity index (χ4v) is 2.49. The zero-order chi connectivity index (χ0) is 14.4. The summed E-state index contributed by atoms with van der Waals surface area (Å²) >= 11 is 3.47. The number of hydrogen-bond donors (Lipinski definition) is 1. The Balaban J connectivity index is 3.13. The van der Waals surface area contributed by atoms with Crippen molar-refractivity contribution in [3.8, 4) is 0 Å². The minimum absolute atomic E-state index is 0.411. The number of ether oxygens (including phenoxy) is 1. The molecule has 0 aliphatic heterocycles. The van der Waals surface area contributed by atoms with Crippen molar-refractivity contribution in [2.45, 2.75) is 39.3 Å². The van der Waals surface area contributed by atoms with E-state index in [0.717, 1.165) is 28.7 Å². The molecule has 0 radical (unpaired) electrons. The van der Waals surface area contributed by atoms with Crippen LogP contribution >= 0.6 is 15.9 Å². The normalized spacial score (nSPS) is 14.2. The van der Waals surface area contributed by atoms with Crippen LogP contribution in [0.5, 0.6) is 0 Å². The Bertz CT molecular complexity index is 396. The number of halogens is 1. The van der Waals surface area contributed by atoms with Gasteiger partial charge in [-0.3, -0.25) is 0 Å². The second-order valence-electron chi connectivity index (χ2n) is 4.82. The molecule has 0 bridgehead atoms. The van der Waals surface area contributed by atoms with Crippen molar-refractivity contribution >= 4 is 21.6 Å². The predicted molar refractivity (Wildman–Crippen MR) is 83.8 cm³/mol. The minimum atomic E-state index is -0.485. The van der Waals surface area contributed by atoms with Gasteiger partial charge in [0.25, 0.3) is 0 Å². The van der Waals surface area contributed by atoms with E-state index in [0.29, 0.717) is 12.6 Å². The zero-order valence-corrected chi connectivity index (χ0v) is 13.8. The number of rotatable bonds is 7. The maximum Gasteiger partial charge on any atom is 0.0782 e. The van der Waals surface area contributed by atoms with E-state index in [9.17, 15) is 5.11 Å². The summed E-state index contributed by atoms with van der Waals surface area (Å²) in [5, 5.41) is 9.98. The van der Waals surface area contributed by atoms with Crippen molar-refractivity contribution in [2.24, 2.45) is 0 Å². The standard InChI is InChI=1S/C15H24BrNO2/c1-5-11(2)17(8-9-19-4)15-7-6-13(16)10-14(15)12(3)18/h6-7,10-12,18H,5,8-9H2,1-4H3. The van der Waals surface area contributed by atoms with E-state index in [1.54, 1.807) is 14.0 Å². The Labute approximate surface area is 124 Å². The maximum absolute atomic E-state index is 9.98. The molecule has 0 saturated heterocycles. The molecule has 0 fully saturated rings. The van der Waals surface area contributed by atoms with E-state index < -0.39 is 6.10 Å². The molecule has 3 nitrogen and oxygen atoms in total. The third kappa shape index (κ3) is 4.48. The molecule has 4 heteroatoms. The highest BCUT2D eigenvalue weighted by molar-refractivity contribution is 9.10. The van der Waals surface area contributed by atoms with Gasteiger partial charge in [0, 0.05) is 35.4 Å². The molecule has 108 valence electrons. The van der Waals surface area contributed by atoms with Gasteiger partial charge >= 0.3 is 0 Å². The lowest BCUT2D eigenvalue weighted by atomic mass is 10.1. The SMILES string of the molecule is CCC(C)N(CCOC)c1ccc(Br)cc1C(C)O. The molecule has 0 aliphatic rings. The third-order valence-corrected chi connectivity index (χ3v) is 3.90. The van der Waals surface area contributed by atoms with Gasteiger partial charge in [-0.15, -0.1) is 0 Å². The van der Waals surface area contributed by atoms with Crippen molar-refractivity contribution in [3.63, 3.8) is 0 Å². The highest BCUT2D eigenvalue weighted by Gasteiger charge is 2.18. The Hall–Kier alpha value is -0.580. The molecular formula is C15H24BrNO2. The van der Waals surface area contributed by atoms with Gasteiger partial charge in [-0.25, -0.2) is 0 Å². The van der Waals surface area contributed by atoms with Crippen LogP contribution in [-0.2, 0) is 4.74 Å². The van der Waals surface area contributed by atoms with Crippen LogP contribution < -0.4 is 4.90 Å². The molecule has 0 saturated carbocycles. The van der Waals surface area contributed by atoms with Gasteiger partial charge in [0.1, 0.15) is 0 Å². The summed E-state index contributed by atoms with van der Waals surface area (Å²) in [5.74, 6) is 0. The fraction of sp³-hybridized carbons (Fsp3) is 0.600. The van der Waals surface area contributed by atoms with E-state index in [2.05, 4.69) is 40.7 Å². The van der Waals surface area contributed by atoms with Crippen molar-refractivity contribution in [1.82, 2.24) is 0 Å². The second-order valence-corrected chi connectivity index (χ2v) is 5.74. The fourth-order valence-electron chi connectivity index (χ4n) is 2.11. The number of hydrogen-bond acceptors (Lipinski definition) is 3. The average molecular weight is 330 g/mol. The molecule has 2 atom stereocenters. The number of anilines is 1. The first-order valence-corrected chi connectivity index (χ1v) is 7.53. The first-order chi connectivity index (χ1) is 9.01. The molecule has 0 spiro atoms. The highest BCUT2D eigenvalue weighted by Crippen LogP contribution is 2.31. The monoisotopic (exact) mass is 329 g/mol. The molecule has 0 aliphatic carbocycles. The van der Waals surface area contributed by atoms with Gasteiger partial charge in [-0.2, -0.15) is 0 Å². The van der Waals surface area contributed by atoms with Gasteiger partial charge < -0.3 is 14.7 Å². The van der Waals surface area contributed by atoms with E-state index >= 15 is 0 Å². The Morgan fingerprint density at radius 2 is 2.05 bits per heavy atom. The van der Waals surface area contributed by atoms with Crippen LogP contribution in [0.25, 0.3) is 0 Å². The number of nitrogens with zero attached hydrogens (tertiary/aromatic N) is 1. The van der Waals surface area contributed by atoms with Crippen LogP contribution in [0.3, 0.4) is 0 Å². The van der Waals surface area contributed by atoms with Crippen LogP contribution in [0.1, 0.15) is 38.9 Å². The van der Waals surface area contributed by atoms with E-state index in [-0.39, 0.29) is 0 Å². The number of methoxy groups -OCH3 is 1. The third-order valence-electron chi connectivity index (χ3n) is 3.41. The lowest BCUT2D eigenvalue weighted by Crippen LogP contribution is -2.36. The largest absolute Gasteiger partial charge is 0.389 e. The Kier molecular flexibility index (Phi) is 6.83. The first kappa shape index (κ1) is 16.5. The molecule has 0 amide bonds. The second kappa shape index (κ2) is 7.88. The topological polar surface area (TPSA) is 32.7 Å². The number of aliphatic hydroxyl groups excluding tert-OH is 1. The van der Waals surface area contributed by atoms with E-state index in [4.69, 9.17) is 4.74 Å². The quantitative estimate of drug-likeness (QED) is 0.826. The Morgan fingerprint density at radius 3 is 2.58 bits per heavy atom. The Morgan fingerprint density at radius 1 is 1.37 bits per heavy atom. The van der Waals surface area contributed by atoms with Gasteiger partial charge in [0.15, 0.2) is 0 Å². The maximum atomic E-state index is 9.98. The highest BCUT2D eigenvalue weighted by atomic mass is 79.9. The molecule has 0 aromatic heterocycles. The summed E-state index contributed by atoms with van der Waals surface area (Å²) in [5.41, 5.74) is 2.04. The molecule has 1 rings (SSSR count). The average Bonchev–Trinajstić information content (AvgIpc) is 2.39. The number of aliphatic hydroxyl groups is 1. The van der Waals surface area contributed by atoms with Crippen LogP contribution in [0.15, 0.2) is 22.7 Å². The zero-order valence-electron chi connectivity index (χ0n) is 12.2. The summed E-state index contributed by atoms with van der Waals surface area (Å²) < 4.78 is 6.19. The summed E-state index contributed by atoms with van der Waals surface area (Å²) in [6.07, 6.45) is 0.570. The van der Waals surface area contributed by atoms with Crippen molar-refractivity contribution < 1.29 is 9.84 Å². The summed E-state index contributed by atoms with van der Waals surface area (Å²) in [4.78, 5) is 2.30. The van der Waals surface area contributed by atoms with Gasteiger partial charge in [0.05, 0.1) is 12.7 Å². The van der Waals surface area contributed by atoms with Gasteiger partial charge in [-0.1, -0.05) is 22.9 Å². The first-order valence-electron chi connectivity index (χ1n) is 6.74. The van der Waals surface area contributed by atoms with E-state index in [1.165, 1.54) is 0 Å². The molecule has 1 aromatic carbocycles. The predicted octanol–water partition coefficient (Wildman–Crippen LogP) is 3.75. The van der Waals surface area contributed by atoms with Crippen LogP contribution in [-0.4, -0.2) is 31.4 Å². The van der Waals surface area contributed by atoms with E-state index in [1.807, 2.05) is 12.1 Å². The molecule has 1 aromatic rings. The molecule has 2 unspecified atom stereocenters. The lowest BCUT2D eigenvalue weighted by molar-refractivity contribution is 0.196. The van der Waals surface area contributed by atoms with Gasteiger partial charge in [-0.05, 0) is 38.5 Å². The van der Waals surface area contributed by atoms with Crippen molar-refractivity contribution in [3.05, 3.63) is 28.2 Å². The molecule has 1 N–H and O–H groups in total. The van der Waals surface area contributed by atoms with Crippen LogP contribution in [0, 0.1) is 0 Å². The molecule has 0 heterocycles. The lowest BCUT2D eigenvalue weighted by Gasteiger charge is -2.33. The van der Waals surface area contributed by atoms with Crippen LogP contribution in [0.2, 0.25) is 0 Å². The minimum Gasteiger partial charge on any atom is -0.389 e. The number of benzene rings is 1. The van der Waals surface area contributed by atoms with Crippen LogP contribution in [0.4, 0.5) is 5.69 Å². The van der Waals surface area contributed by atoms with Crippen molar-refractivity contribution in [2.75, 3.05) is 25.2 Å². The summed E-state index contributed by atoms with van der Waals surface area (Å²) in [6, 6.07) is 6.48. The van der Waals surface area contributed by atoms with Crippen molar-refractivity contribution in [1.29, 1.82) is 0 Å². The molecular weight excluding hydrogens is 306 g/mol. The summed E-state index contributed by atoms with van der Waals surface area (Å²) in [7, 11) is 1.71. The van der Waals surface area contributed by atoms with Gasteiger partial charge in [0.2, 0.25) is 0 Å².